The van der Waals surface area contributed by atoms with Crippen molar-refractivity contribution in [2.75, 3.05) is 35.5 Å². The van der Waals surface area contributed by atoms with Crippen LogP contribution in [0.2, 0.25) is 0 Å². The highest BCUT2D eigenvalue weighted by Gasteiger charge is 2.33. The summed E-state index contributed by atoms with van der Waals surface area (Å²) in [5.74, 6) is 5.42. The van der Waals surface area contributed by atoms with Gasteiger partial charge in [-0.15, -0.1) is 0 Å². The van der Waals surface area contributed by atoms with Gasteiger partial charge in [-0.3, -0.25) is 0 Å². The molecule has 0 radical (unpaired) electrons. The van der Waals surface area contributed by atoms with Crippen molar-refractivity contribution in [3.8, 4) is 0 Å². The second kappa shape index (κ2) is 11.3. The van der Waals surface area contributed by atoms with Crippen molar-refractivity contribution in [1.29, 1.82) is 0 Å². The van der Waals surface area contributed by atoms with Crippen molar-refractivity contribution in [3.63, 3.8) is 0 Å². The maximum Gasteiger partial charge on any atom is 0.0229 e. The highest BCUT2D eigenvalue weighted by atomic mass is 32.2. The third-order valence-electron chi connectivity index (χ3n) is 3.23. The predicted molar refractivity (Wildman–Crippen MR) is 105 cm³/mol. The van der Waals surface area contributed by atoms with Gasteiger partial charge in [0.25, 0.3) is 0 Å². The van der Waals surface area contributed by atoms with Gasteiger partial charge < -0.3 is 0 Å². The molecule has 0 aromatic heterocycles. The molecule has 2 aliphatic heterocycles. The molecule has 0 amide bonds. The van der Waals surface area contributed by atoms with E-state index in [1.807, 2.05) is 23.5 Å². The molecule has 0 bridgehead atoms. The Balaban J connectivity index is 0.000000218. The summed E-state index contributed by atoms with van der Waals surface area (Å²) < 4.78 is 0. The van der Waals surface area contributed by atoms with E-state index >= 15 is 0 Å². The summed E-state index contributed by atoms with van der Waals surface area (Å²) in [6.07, 6.45) is 7.17. The van der Waals surface area contributed by atoms with Crippen LogP contribution < -0.4 is 0 Å². The van der Waals surface area contributed by atoms with Crippen molar-refractivity contribution in [3.05, 3.63) is 0 Å². The van der Waals surface area contributed by atoms with Crippen molar-refractivity contribution < 1.29 is 0 Å². The Morgan fingerprint density at radius 2 is 1.26 bits per heavy atom. The van der Waals surface area contributed by atoms with Crippen LogP contribution >= 0.6 is 58.8 Å². The van der Waals surface area contributed by atoms with Gasteiger partial charge in [0.1, 0.15) is 0 Å². The molecule has 2 aliphatic rings. The first-order chi connectivity index (χ1) is 9.24. The summed E-state index contributed by atoms with van der Waals surface area (Å²) in [6, 6.07) is 0. The van der Waals surface area contributed by atoms with Gasteiger partial charge in [0.2, 0.25) is 0 Å². The van der Waals surface area contributed by atoms with Gasteiger partial charge in [-0.25, -0.2) is 0 Å². The van der Waals surface area contributed by atoms with Gasteiger partial charge in [0.05, 0.1) is 0 Å². The molecule has 4 unspecified atom stereocenters. The minimum Gasteiger partial charge on any atom is -0.164 e. The van der Waals surface area contributed by atoms with Crippen LogP contribution in [0.25, 0.3) is 0 Å². The van der Waals surface area contributed by atoms with Gasteiger partial charge in [-0.1, -0.05) is 13.8 Å². The molecule has 2 fully saturated rings. The summed E-state index contributed by atoms with van der Waals surface area (Å²) >= 11 is 10.5. The Morgan fingerprint density at radius 3 is 1.47 bits per heavy atom. The topological polar surface area (TPSA) is 0 Å². The van der Waals surface area contributed by atoms with Crippen molar-refractivity contribution in [1.82, 2.24) is 0 Å². The van der Waals surface area contributed by atoms with Crippen molar-refractivity contribution in [2.24, 2.45) is 0 Å². The standard InChI is InChI=1S/C8H16S4.C6H12S/c1-9-3-7-5-12-8(4-10-2)6-11-7;1-3-5-6(4-2)7-5/h7-8H,3-6H2,1-2H3;5-6H,3-4H2,1-2H3. The lowest BCUT2D eigenvalue weighted by molar-refractivity contribution is 0.817. The van der Waals surface area contributed by atoms with Crippen molar-refractivity contribution >= 4 is 58.8 Å². The lowest BCUT2D eigenvalue weighted by Crippen LogP contribution is -2.24. The molecule has 5 heteroatoms. The third kappa shape index (κ3) is 8.08. The Bertz CT molecular complexity index is 194. The Morgan fingerprint density at radius 1 is 0.842 bits per heavy atom. The average molecular weight is 357 g/mol. The van der Waals surface area contributed by atoms with E-state index in [4.69, 9.17) is 0 Å². The van der Waals surface area contributed by atoms with E-state index < -0.39 is 0 Å². The molecule has 2 heterocycles. The summed E-state index contributed by atoms with van der Waals surface area (Å²) in [5.41, 5.74) is 0. The van der Waals surface area contributed by atoms with E-state index in [0.717, 1.165) is 21.0 Å². The predicted octanol–water partition coefficient (Wildman–Crippen LogP) is 5.22. The fourth-order valence-corrected chi connectivity index (χ4v) is 8.49. The molecule has 19 heavy (non-hydrogen) atoms. The Hall–Kier alpha value is 1.75. The van der Waals surface area contributed by atoms with Crippen LogP contribution in [0.15, 0.2) is 0 Å². The quantitative estimate of drug-likeness (QED) is 0.597. The number of thioether (sulfide) groups is 5. The molecule has 0 aromatic rings. The van der Waals surface area contributed by atoms with Gasteiger partial charge in [-0.05, 0) is 25.4 Å². The SMILES string of the molecule is CCC1SC1CC.CSCC1CSC(CSC)CS1. The molecule has 0 spiro atoms. The molecule has 0 nitrogen and oxygen atoms in total. The summed E-state index contributed by atoms with van der Waals surface area (Å²) in [7, 11) is 0. The van der Waals surface area contributed by atoms with E-state index in [0.29, 0.717) is 0 Å². The fourth-order valence-electron chi connectivity index (χ4n) is 2.04. The normalized spacial score (nSPS) is 33.5. The zero-order valence-corrected chi connectivity index (χ0v) is 16.7. The number of rotatable bonds is 6. The van der Waals surface area contributed by atoms with E-state index in [1.165, 1.54) is 35.9 Å². The van der Waals surface area contributed by atoms with E-state index in [9.17, 15) is 0 Å². The zero-order valence-electron chi connectivity index (χ0n) is 12.6. The van der Waals surface area contributed by atoms with Crippen LogP contribution in [0.4, 0.5) is 0 Å². The first-order valence-corrected chi connectivity index (χ1v) is 12.9. The van der Waals surface area contributed by atoms with Crippen LogP contribution in [0.5, 0.6) is 0 Å². The fraction of sp³-hybridized carbons (Fsp3) is 1.00. The molecule has 0 aromatic carbocycles. The van der Waals surface area contributed by atoms with Crippen LogP contribution in [-0.4, -0.2) is 56.5 Å². The second-order valence-electron chi connectivity index (χ2n) is 4.85. The molecule has 2 saturated heterocycles. The van der Waals surface area contributed by atoms with E-state index in [1.54, 1.807) is 0 Å². The molecule has 0 N–H and O–H groups in total. The van der Waals surface area contributed by atoms with Gasteiger partial charge in [0, 0.05) is 44.0 Å². The molecule has 0 aliphatic carbocycles. The highest BCUT2D eigenvalue weighted by molar-refractivity contribution is 8.09. The van der Waals surface area contributed by atoms with Crippen LogP contribution in [-0.2, 0) is 0 Å². The van der Waals surface area contributed by atoms with Crippen LogP contribution in [0, 0.1) is 0 Å². The Kier molecular flexibility index (Phi) is 11.2. The average Bonchev–Trinajstić information content (AvgIpc) is 3.21. The van der Waals surface area contributed by atoms with Gasteiger partial charge in [0.15, 0.2) is 0 Å². The number of hydrogen-bond acceptors (Lipinski definition) is 5. The molecular weight excluding hydrogens is 328 g/mol. The molecule has 4 atom stereocenters. The first kappa shape index (κ1) is 18.8. The molecular formula is C14H28S5. The zero-order chi connectivity index (χ0) is 14.1. The number of hydrogen-bond donors (Lipinski definition) is 0. The lowest BCUT2D eigenvalue weighted by atomic mass is 10.2. The van der Waals surface area contributed by atoms with Crippen LogP contribution in [0.1, 0.15) is 26.7 Å². The summed E-state index contributed by atoms with van der Waals surface area (Å²) in [6.45, 7) is 4.54. The second-order valence-corrected chi connectivity index (χ2v) is 10.8. The smallest absolute Gasteiger partial charge is 0.0229 e. The monoisotopic (exact) mass is 356 g/mol. The maximum atomic E-state index is 2.27. The lowest BCUT2D eigenvalue weighted by Gasteiger charge is -2.26. The van der Waals surface area contributed by atoms with E-state index in [-0.39, 0.29) is 0 Å². The molecule has 114 valence electrons. The third-order valence-corrected chi connectivity index (χ3v) is 10.1. The van der Waals surface area contributed by atoms with Crippen molar-refractivity contribution in [2.45, 2.75) is 47.7 Å². The van der Waals surface area contributed by atoms with Gasteiger partial charge in [-0.2, -0.15) is 58.8 Å². The summed E-state index contributed by atoms with van der Waals surface area (Å²) in [5, 5.41) is 3.90. The molecule has 0 saturated carbocycles. The maximum absolute atomic E-state index is 2.27. The molecule has 2 rings (SSSR count). The minimum atomic E-state index is 0.920. The largest absolute Gasteiger partial charge is 0.164 e. The Labute approximate surface area is 141 Å². The van der Waals surface area contributed by atoms with E-state index in [2.05, 4.69) is 61.6 Å². The highest BCUT2D eigenvalue weighted by Crippen LogP contribution is 2.45. The first-order valence-electron chi connectivity index (χ1n) is 7.11. The summed E-state index contributed by atoms with van der Waals surface area (Å²) in [4.78, 5) is 0. The van der Waals surface area contributed by atoms with Crippen LogP contribution in [0.3, 0.4) is 0 Å². The van der Waals surface area contributed by atoms with Gasteiger partial charge >= 0.3 is 0 Å². The minimum absolute atomic E-state index is 0.920.